The number of allylic oxidation sites excluding steroid dienone is 4. The summed E-state index contributed by atoms with van der Waals surface area (Å²) in [6.07, 6.45) is 21.3. The molecule has 0 amide bonds. The van der Waals surface area contributed by atoms with Crippen molar-refractivity contribution >= 4 is 61.8 Å². The smallest absolute Gasteiger partial charge is 0.119 e. The average Bonchev–Trinajstić information content (AvgIpc) is 1.55. The predicted octanol–water partition coefficient (Wildman–Crippen LogP) is 24.7. The lowest BCUT2D eigenvalue weighted by Crippen LogP contribution is -2.28. The van der Waals surface area contributed by atoms with E-state index < -0.39 is 0 Å². The van der Waals surface area contributed by atoms with Crippen LogP contribution in [0.1, 0.15) is 80.0 Å². The van der Waals surface area contributed by atoms with Gasteiger partial charge in [-0.15, -0.1) is 0 Å². The molecule has 1 aromatic heterocycles. The van der Waals surface area contributed by atoms with Gasteiger partial charge in [-0.05, 0) is 211 Å². The zero-order valence-electron chi connectivity index (χ0n) is 52.2. The zero-order valence-corrected chi connectivity index (χ0v) is 52.2. The Morgan fingerprint density at radius 2 is 0.902 bits per heavy atom. The molecule has 0 bridgehead atoms. The fourth-order valence-electron chi connectivity index (χ4n) is 14.6. The van der Waals surface area contributed by atoms with Gasteiger partial charge in [-0.2, -0.15) is 0 Å². The molecule has 3 heteroatoms. The lowest BCUT2D eigenvalue weighted by molar-refractivity contribution is 0.304. The molecule has 15 rings (SSSR count). The molecule has 2 aliphatic carbocycles. The highest BCUT2D eigenvalue weighted by Crippen LogP contribution is 2.57. The number of aromatic nitrogens is 1. The second-order valence-corrected chi connectivity index (χ2v) is 24.8. The molecule has 2 aliphatic rings. The van der Waals surface area contributed by atoms with Gasteiger partial charge in [0, 0.05) is 38.9 Å². The van der Waals surface area contributed by atoms with Gasteiger partial charge >= 0.3 is 0 Å². The highest BCUT2D eigenvalue weighted by Gasteiger charge is 2.45. The first-order chi connectivity index (χ1) is 45.5. The molecule has 13 aromatic rings. The molecular weight excluding hydrogens is 1110 g/mol. The summed E-state index contributed by atoms with van der Waals surface area (Å²) >= 11 is 0. The second kappa shape index (κ2) is 25.6. The maximum absolute atomic E-state index is 6.35. The Hall–Kier alpha value is -10.7. The van der Waals surface area contributed by atoms with E-state index in [4.69, 9.17) is 4.74 Å². The molecule has 0 spiro atoms. The monoisotopic (exact) mass is 1190 g/mol. The van der Waals surface area contributed by atoms with E-state index in [1.807, 2.05) is 12.2 Å². The van der Waals surface area contributed by atoms with Crippen molar-refractivity contribution in [3.63, 3.8) is 0 Å². The number of benzene rings is 12. The van der Waals surface area contributed by atoms with Crippen LogP contribution in [0.15, 0.2) is 310 Å². The van der Waals surface area contributed by atoms with Gasteiger partial charge in [0.25, 0.3) is 0 Å². The van der Waals surface area contributed by atoms with E-state index in [-0.39, 0.29) is 5.41 Å². The van der Waals surface area contributed by atoms with Crippen LogP contribution in [-0.2, 0) is 5.41 Å². The number of fused-ring (bicyclic) bond motifs is 7. The van der Waals surface area contributed by atoms with E-state index in [1.54, 1.807) is 0 Å². The standard InChI is InChI=1S/C89H74N2O/c1-3-63-30-34-67(35-31-63)70-38-39-72-59-80(52-44-71(72)58-70)92-57-21-8-6-5-7-20-56-89(75-24-14-10-15-25-75)85-29-19-18-28-81(85)82-53-51-79(62-86(82)89)90(77-47-40-66(41-48-77)65-22-12-9-13-23-65)78-49-42-69(43-50-78)74-46-55-88-84(61-74)83-60-73(68-36-32-64(4-2)33-37-68)45-54-87(83)91(88)76-26-16-11-17-27-76/h3-4,9,11-14,16-19,22-55,58-62H,1-2,5-8,10,15,20-21,56-57H2. The van der Waals surface area contributed by atoms with Crippen molar-refractivity contribution in [2.24, 2.45) is 0 Å². The summed E-state index contributed by atoms with van der Waals surface area (Å²) in [7, 11) is 0. The minimum atomic E-state index is -0.281. The van der Waals surface area contributed by atoms with E-state index in [0.29, 0.717) is 0 Å². The quantitative estimate of drug-likeness (QED) is 0.0667. The molecule has 3 nitrogen and oxygen atoms in total. The summed E-state index contributed by atoms with van der Waals surface area (Å²) in [5.74, 6) is 0.940. The number of hydrogen-bond acceptors (Lipinski definition) is 2. The fraction of sp³-hybridized carbons (Fsp3) is 0.124. The van der Waals surface area contributed by atoms with Crippen LogP contribution in [-0.4, -0.2) is 11.2 Å². The van der Waals surface area contributed by atoms with Gasteiger partial charge in [-0.1, -0.05) is 258 Å². The molecule has 92 heavy (non-hydrogen) atoms. The van der Waals surface area contributed by atoms with Crippen molar-refractivity contribution < 1.29 is 4.74 Å². The summed E-state index contributed by atoms with van der Waals surface area (Å²) in [4.78, 5) is 2.47. The third kappa shape index (κ3) is 11.2. The summed E-state index contributed by atoms with van der Waals surface area (Å²) in [6.45, 7) is 8.61. The van der Waals surface area contributed by atoms with Gasteiger partial charge < -0.3 is 14.2 Å². The Morgan fingerprint density at radius 3 is 1.53 bits per heavy atom. The first-order valence-electron chi connectivity index (χ1n) is 32.9. The number of nitrogens with zero attached hydrogens (tertiary/aromatic N) is 2. The van der Waals surface area contributed by atoms with Crippen molar-refractivity contribution in [2.75, 3.05) is 11.5 Å². The number of para-hydroxylation sites is 1. The Kier molecular flexibility index (Phi) is 16.1. The Balaban J connectivity index is 0.708. The molecule has 0 saturated carbocycles. The number of ether oxygens (including phenoxy) is 1. The van der Waals surface area contributed by atoms with Crippen LogP contribution in [0.5, 0.6) is 5.75 Å². The maximum atomic E-state index is 6.35. The van der Waals surface area contributed by atoms with Crippen LogP contribution in [0.2, 0.25) is 0 Å². The Morgan fingerprint density at radius 1 is 0.402 bits per heavy atom. The largest absolute Gasteiger partial charge is 0.494 e. The normalized spacial score (nSPS) is 14.1. The summed E-state index contributed by atoms with van der Waals surface area (Å²) < 4.78 is 8.76. The minimum absolute atomic E-state index is 0.281. The van der Waals surface area contributed by atoms with Crippen LogP contribution in [0, 0.1) is 0 Å². The van der Waals surface area contributed by atoms with Gasteiger partial charge in [-0.3, -0.25) is 0 Å². The first-order valence-corrected chi connectivity index (χ1v) is 32.9. The zero-order chi connectivity index (χ0) is 61.8. The Bertz CT molecular complexity index is 4900. The van der Waals surface area contributed by atoms with Gasteiger partial charge in [0.15, 0.2) is 0 Å². The second-order valence-electron chi connectivity index (χ2n) is 24.8. The predicted molar refractivity (Wildman–Crippen MR) is 392 cm³/mol. The van der Waals surface area contributed by atoms with Gasteiger partial charge in [0.2, 0.25) is 0 Å². The van der Waals surface area contributed by atoms with Gasteiger partial charge in [0.05, 0.1) is 17.6 Å². The minimum Gasteiger partial charge on any atom is -0.494 e. The van der Waals surface area contributed by atoms with E-state index >= 15 is 0 Å². The van der Waals surface area contributed by atoms with Crippen LogP contribution in [0.25, 0.3) is 106 Å². The SMILES string of the molecule is C=Cc1ccc(-c2ccc3cc(OCCCCCCCCC4(C5=CCCC=C5)c5ccccc5-c5ccc(N(c6ccc(-c7ccccc7)cc6)c6ccc(-c7ccc8c(c7)c7cc(-c9ccc(C=C)cc9)ccc7n8-c7ccccc7)cc6)cc54)ccc3c2)cc1. The van der Waals surface area contributed by atoms with Crippen LogP contribution in [0.4, 0.5) is 17.1 Å². The first kappa shape index (κ1) is 57.7. The van der Waals surface area contributed by atoms with Crippen molar-refractivity contribution in [1.82, 2.24) is 4.57 Å². The highest BCUT2D eigenvalue weighted by molar-refractivity contribution is 6.12. The number of anilines is 3. The number of rotatable bonds is 21. The van der Waals surface area contributed by atoms with Crippen molar-refractivity contribution in [2.45, 2.75) is 63.2 Å². The van der Waals surface area contributed by atoms with Crippen molar-refractivity contribution in [1.29, 1.82) is 0 Å². The molecule has 446 valence electrons. The fourth-order valence-corrected chi connectivity index (χ4v) is 14.6. The Labute approximate surface area is 541 Å². The van der Waals surface area contributed by atoms with Crippen LogP contribution < -0.4 is 9.64 Å². The molecule has 1 unspecified atom stereocenters. The molecule has 0 fully saturated rings. The van der Waals surface area contributed by atoms with E-state index in [2.05, 4.69) is 314 Å². The average molecular weight is 1190 g/mol. The van der Waals surface area contributed by atoms with Crippen LogP contribution >= 0.6 is 0 Å². The molecule has 0 saturated heterocycles. The van der Waals surface area contributed by atoms with Crippen LogP contribution in [0.3, 0.4) is 0 Å². The van der Waals surface area contributed by atoms with Gasteiger partial charge in [0.1, 0.15) is 5.75 Å². The van der Waals surface area contributed by atoms with E-state index in [9.17, 15) is 0 Å². The number of hydrogen-bond donors (Lipinski definition) is 0. The number of unbranched alkanes of at least 4 members (excludes halogenated alkanes) is 5. The lowest BCUT2D eigenvalue weighted by Gasteiger charge is -2.36. The third-order valence-corrected chi connectivity index (χ3v) is 19.3. The molecule has 1 heterocycles. The molecule has 0 aliphatic heterocycles. The van der Waals surface area contributed by atoms with Gasteiger partial charge in [-0.25, -0.2) is 0 Å². The molecule has 0 N–H and O–H groups in total. The van der Waals surface area contributed by atoms with E-state index in [0.717, 1.165) is 84.8 Å². The molecule has 12 aromatic carbocycles. The topological polar surface area (TPSA) is 17.4 Å². The molecule has 0 radical (unpaired) electrons. The lowest BCUT2D eigenvalue weighted by atomic mass is 9.67. The van der Waals surface area contributed by atoms with Crippen molar-refractivity contribution in [3.05, 3.63) is 332 Å². The maximum Gasteiger partial charge on any atom is 0.119 e. The van der Waals surface area contributed by atoms with E-state index in [1.165, 1.54) is 124 Å². The van der Waals surface area contributed by atoms with Crippen molar-refractivity contribution in [3.8, 4) is 67.1 Å². The summed E-state index contributed by atoms with van der Waals surface area (Å²) in [5, 5.41) is 4.87. The molecular formula is C89H74N2O. The summed E-state index contributed by atoms with van der Waals surface area (Å²) in [5.41, 5.74) is 25.4. The third-order valence-electron chi connectivity index (χ3n) is 19.3. The summed E-state index contributed by atoms with van der Waals surface area (Å²) in [6, 6.07) is 101. The molecule has 1 atom stereocenters. The highest BCUT2D eigenvalue weighted by atomic mass is 16.5.